The minimum absolute atomic E-state index is 0.156. The second kappa shape index (κ2) is 8.26. The smallest absolute Gasteiger partial charge is 0.123 e. The molecular weight excluding hydrogens is 254 g/mol. The quantitative estimate of drug-likeness (QED) is 0.662. The van der Waals surface area contributed by atoms with Gasteiger partial charge in [0.1, 0.15) is 11.6 Å². The molecule has 0 heterocycles. The Morgan fingerprint density at radius 1 is 0.950 bits per heavy atom. The van der Waals surface area contributed by atoms with Gasteiger partial charge in [0.25, 0.3) is 0 Å². The lowest BCUT2D eigenvalue weighted by Gasteiger charge is -2.07. The molecule has 2 heteroatoms. The van der Waals surface area contributed by atoms with Crippen molar-refractivity contribution >= 4 is 6.08 Å². The first-order valence-electron chi connectivity index (χ1n) is 6.70. The highest BCUT2D eigenvalue weighted by atomic mass is 19.1. The molecule has 1 unspecified atom stereocenters. The zero-order valence-corrected chi connectivity index (χ0v) is 11.9. The van der Waals surface area contributed by atoms with Crippen molar-refractivity contribution in [3.05, 3.63) is 77.9 Å². The SMILES string of the molecule is C=Cc1ccc(F)cc1.CCC(C)c1ccc(F)cc1. The van der Waals surface area contributed by atoms with Crippen LogP contribution in [0, 0.1) is 11.6 Å². The molecule has 2 aromatic carbocycles. The normalized spacial score (nSPS) is 11.2. The van der Waals surface area contributed by atoms with Crippen LogP contribution in [0.4, 0.5) is 8.78 Å². The molecule has 0 amide bonds. The molecule has 1 atom stereocenters. The maximum Gasteiger partial charge on any atom is 0.123 e. The second-order valence-corrected chi connectivity index (χ2v) is 4.62. The van der Waals surface area contributed by atoms with Gasteiger partial charge in [-0.1, -0.05) is 50.8 Å². The third-order valence-corrected chi connectivity index (χ3v) is 3.16. The molecule has 0 aliphatic carbocycles. The van der Waals surface area contributed by atoms with E-state index in [0.29, 0.717) is 5.92 Å². The lowest BCUT2D eigenvalue weighted by atomic mass is 9.99. The van der Waals surface area contributed by atoms with E-state index in [1.165, 1.54) is 29.8 Å². The van der Waals surface area contributed by atoms with Crippen LogP contribution < -0.4 is 0 Å². The molecule has 0 aliphatic heterocycles. The Balaban J connectivity index is 0.000000204. The van der Waals surface area contributed by atoms with Crippen molar-refractivity contribution in [1.29, 1.82) is 0 Å². The van der Waals surface area contributed by atoms with Crippen molar-refractivity contribution in [2.45, 2.75) is 26.2 Å². The van der Waals surface area contributed by atoms with Crippen LogP contribution in [0.2, 0.25) is 0 Å². The molecule has 0 aromatic heterocycles. The largest absolute Gasteiger partial charge is 0.207 e. The highest BCUT2D eigenvalue weighted by Gasteiger charge is 2.01. The summed E-state index contributed by atoms with van der Waals surface area (Å²) in [5, 5.41) is 0. The Morgan fingerprint density at radius 3 is 1.80 bits per heavy atom. The average molecular weight is 274 g/mol. The van der Waals surface area contributed by atoms with Gasteiger partial charge in [0.2, 0.25) is 0 Å². The lowest BCUT2D eigenvalue weighted by Crippen LogP contribution is -1.90. The summed E-state index contributed by atoms with van der Waals surface area (Å²) in [7, 11) is 0. The zero-order chi connectivity index (χ0) is 15.0. The molecule has 2 rings (SSSR count). The minimum Gasteiger partial charge on any atom is -0.207 e. The third kappa shape index (κ3) is 5.35. The van der Waals surface area contributed by atoms with Gasteiger partial charge in [-0.3, -0.25) is 0 Å². The summed E-state index contributed by atoms with van der Waals surface area (Å²) < 4.78 is 24.6. The van der Waals surface area contributed by atoms with Gasteiger partial charge in [-0.25, -0.2) is 8.78 Å². The van der Waals surface area contributed by atoms with Crippen molar-refractivity contribution in [2.75, 3.05) is 0 Å². The molecule has 20 heavy (non-hydrogen) atoms. The molecule has 2 aromatic rings. The van der Waals surface area contributed by atoms with Gasteiger partial charge in [0.05, 0.1) is 0 Å². The van der Waals surface area contributed by atoms with Crippen LogP contribution >= 0.6 is 0 Å². The van der Waals surface area contributed by atoms with Crippen LogP contribution in [-0.2, 0) is 0 Å². The number of hydrogen-bond donors (Lipinski definition) is 0. The van der Waals surface area contributed by atoms with Gasteiger partial charge in [-0.2, -0.15) is 0 Å². The van der Waals surface area contributed by atoms with Crippen LogP contribution in [-0.4, -0.2) is 0 Å². The number of benzene rings is 2. The van der Waals surface area contributed by atoms with Gasteiger partial charge in [0.15, 0.2) is 0 Å². The molecule has 0 fully saturated rings. The van der Waals surface area contributed by atoms with E-state index >= 15 is 0 Å². The first kappa shape index (κ1) is 16.1. The van der Waals surface area contributed by atoms with Crippen LogP contribution in [0.25, 0.3) is 6.08 Å². The molecule has 0 bridgehead atoms. The summed E-state index contributed by atoms with van der Waals surface area (Å²) in [5.74, 6) is 0.174. The molecule has 0 nitrogen and oxygen atoms in total. The molecule has 0 N–H and O–H groups in total. The Morgan fingerprint density at radius 2 is 1.40 bits per heavy atom. The van der Waals surface area contributed by atoms with E-state index < -0.39 is 0 Å². The number of halogens is 2. The highest BCUT2D eigenvalue weighted by Crippen LogP contribution is 2.17. The molecule has 106 valence electrons. The van der Waals surface area contributed by atoms with Crippen LogP contribution in [0.5, 0.6) is 0 Å². The fraction of sp³-hybridized carbons (Fsp3) is 0.222. The van der Waals surface area contributed by atoms with Crippen molar-refractivity contribution in [2.24, 2.45) is 0 Å². The number of hydrogen-bond acceptors (Lipinski definition) is 0. The van der Waals surface area contributed by atoms with Gasteiger partial charge in [-0.05, 0) is 47.7 Å². The molecular formula is C18H20F2. The first-order valence-corrected chi connectivity index (χ1v) is 6.70. The summed E-state index contributed by atoms with van der Waals surface area (Å²) in [6.45, 7) is 7.82. The maximum absolute atomic E-state index is 12.5. The summed E-state index contributed by atoms with van der Waals surface area (Å²) in [5.41, 5.74) is 2.16. The second-order valence-electron chi connectivity index (χ2n) is 4.62. The average Bonchev–Trinajstić information content (AvgIpc) is 2.49. The van der Waals surface area contributed by atoms with Crippen molar-refractivity contribution < 1.29 is 8.78 Å². The van der Waals surface area contributed by atoms with E-state index in [1.54, 1.807) is 18.2 Å². The van der Waals surface area contributed by atoms with Gasteiger partial charge < -0.3 is 0 Å². The van der Waals surface area contributed by atoms with Crippen LogP contribution in [0.3, 0.4) is 0 Å². The van der Waals surface area contributed by atoms with E-state index in [9.17, 15) is 8.78 Å². The van der Waals surface area contributed by atoms with E-state index in [0.717, 1.165) is 12.0 Å². The van der Waals surface area contributed by atoms with Gasteiger partial charge in [-0.15, -0.1) is 0 Å². The molecule has 0 saturated carbocycles. The zero-order valence-electron chi connectivity index (χ0n) is 11.9. The van der Waals surface area contributed by atoms with Crippen molar-refractivity contribution in [3.8, 4) is 0 Å². The predicted octanol–water partition coefficient (Wildman–Crippen LogP) is 5.81. The van der Waals surface area contributed by atoms with E-state index in [2.05, 4.69) is 20.4 Å². The fourth-order valence-corrected chi connectivity index (χ4v) is 1.63. The van der Waals surface area contributed by atoms with Gasteiger partial charge >= 0.3 is 0 Å². The van der Waals surface area contributed by atoms with E-state index in [4.69, 9.17) is 0 Å². The predicted molar refractivity (Wildman–Crippen MR) is 81.6 cm³/mol. The topological polar surface area (TPSA) is 0 Å². The Bertz CT molecular complexity index is 512. The molecule has 0 aliphatic rings. The summed E-state index contributed by atoms with van der Waals surface area (Å²) in [6.07, 6.45) is 2.78. The fourth-order valence-electron chi connectivity index (χ4n) is 1.63. The monoisotopic (exact) mass is 274 g/mol. The van der Waals surface area contributed by atoms with Crippen molar-refractivity contribution in [3.63, 3.8) is 0 Å². The van der Waals surface area contributed by atoms with Crippen LogP contribution in [0.1, 0.15) is 37.3 Å². The summed E-state index contributed by atoms with van der Waals surface area (Å²) >= 11 is 0. The third-order valence-electron chi connectivity index (χ3n) is 3.16. The highest BCUT2D eigenvalue weighted by molar-refractivity contribution is 5.45. The Labute approximate surface area is 119 Å². The summed E-state index contributed by atoms with van der Waals surface area (Å²) in [6, 6.07) is 12.9. The Hall–Kier alpha value is -1.96. The molecule has 0 radical (unpaired) electrons. The van der Waals surface area contributed by atoms with E-state index in [-0.39, 0.29) is 11.6 Å². The van der Waals surface area contributed by atoms with Gasteiger partial charge in [0, 0.05) is 0 Å². The standard InChI is InChI=1S/C10H13F.C8H7F/c1-3-8(2)9-4-6-10(11)7-5-9;1-2-7-3-5-8(9)6-4-7/h4-8H,3H2,1-2H3;2-6H,1H2. The first-order chi connectivity index (χ1) is 9.56. The maximum atomic E-state index is 12.5. The number of rotatable bonds is 3. The minimum atomic E-state index is -0.208. The summed E-state index contributed by atoms with van der Waals surface area (Å²) in [4.78, 5) is 0. The molecule has 0 spiro atoms. The van der Waals surface area contributed by atoms with E-state index in [1.807, 2.05) is 12.1 Å². The van der Waals surface area contributed by atoms with Crippen molar-refractivity contribution in [1.82, 2.24) is 0 Å². The Kier molecular flexibility index (Phi) is 6.65. The van der Waals surface area contributed by atoms with Crippen LogP contribution in [0.15, 0.2) is 55.1 Å². The molecule has 0 saturated heterocycles. The lowest BCUT2D eigenvalue weighted by molar-refractivity contribution is 0.624.